The zero-order valence-electron chi connectivity index (χ0n) is 14.4. The number of rotatable bonds is 7. The third-order valence-electron chi connectivity index (χ3n) is 3.97. The summed E-state index contributed by atoms with van der Waals surface area (Å²) in [6.07, 6.45) is 4.10. The Kier molecular flexibility index (Phi) is 5.72. The second-order valence-electron chi connectivity index (χ2n) is 5.82. The van der Waals surface area contributed by atoms with E-state index in [1.165, 1.54) is 12.8 Å². The molecule has 0 atom stereocenters. The van der Waals surface area contributed by atoms with Gasteiger partial charge in [-0.25, -0.2) is 4.98 Å². The van der Waals surface area contributed by atoms with Gasteiger partial charge < -0.3 is 19.7 Å². The summed E-state index contributed by atoms with van der Waals surface area (Å²) in [7, 11) is 0. The van der Waals surface area contributed by atoms with Gasteiger partial charge in [0.15, 0.2) is 18.1 Å². The zero-order chi connectivity index (χ0) is 17.5. The monoisotopic (exact) mass is 341 g/mol. The van der Waals surface area contributed by atoms with Crippen molar-refractivity contribution in [2.24, 2.45) is 0 Å². The third kappa shape index (κ3) is 4.62. The molecule has 0 aliphatic carbocycles. The minimum atomic E-state index is -0.234. The van der Waals surface area contributed by atoms with Crippen molar-refractivity contribution in [2.45, 2.75) is 19.8 Å². The number of benzene rings is 1. The van der Waals surface area contributed by atoms with Crippen LogP contribution in [-0.2, 0) is 4.79 Å². The molecule has 0 saturated carbocycles. The lowest BCUT2D eigenvalue weighted by molar-refractivity contribution is -0.118. The Morgan fingerprint density at radius 1 is 1.12 bits per heavy atom. The molecule has 1 amide bonds. The Morgan fingerprint density at radius 3 is 2.48 bits per heavy atom. The summed E-state index contributed by atoms with van der Waals surface area (Å²) >= 11 is 0. The van der Waals surface area contributed by atoms with Crippen molar-refractivity contribution in [3.63, 3.8) is 0 Å². The number of ether oxygens (including phenoxy) is 2. The number of anilines is 2. The second kappa shape index (κ2) is 8.37. The predicted molar refractivity (Wildman–Crippen MR) is 97.4 cm³/mol. The molecule has 1 N–H and O–H groups in total. The molecule has 1 aliphatic heterocycles. The number of amides is 1. The average Bonchev–Trinajstić information content (AvgIpc) is 3.17. The summed E-state index contributed by atoms with van der Waals surface area (Å²) in [6.45, 7) is 4.46. The van der Waals surface area contributed by atoms with Crippen LogP contribution in [0.4, 0.5) is 11.5 Å². The van der Waals surface area contributed by atoms with Gasteiger partial charge in [-0.3, -0.25) is 4.79 Å². The highest BCUT2D eigenvalue weighted by Crippen LogP contribution is 2.26. The van der Waals surface area contributed by atoms with Gasteiger partial charge in [0, 0.05) is 13.1 Å². The third-order valence-corrected chi connectivity index (χ3v) is 3.97. The van der Waals surface area contributed by atoms with E-state index in [4.69, 9.17) is 9.47 Å². The summed E-state index contributed by atoms with van der Waals surface area (Å²) in [4.78, 5) is 18.8. The first-order valence-corrected chi connectivity index (χ1v) is 8.61. The second-order valence-corrected chi connectivity index (χ2v) is 5.82. The number of pyridine rings is 1. The van der Waals surface area contributed by atoms with Gasteiger partial charge in [0.05, 0.1) is 18.5 Å². The molecule has 3 rings (SSSR count). The van der Waals surface area contributed by atoms with Gasteiger partial charge >= 0.3 is 0 Å². The molecule has 2 heterocycles. The molecule has 132 valence electrons. The van der Waals surface area contributed by atoms with E-state index in [-0.39, 0.29) is 12.5 Å². The molecule has 2 aromatic rings. The Labute approximate surface area is 147 Å². The average molecular weight is 341 g/mol. The number of hydrogen-bond acceptors (Lipinski definition) is 5. The quantitative estimate of drug-likeness (QED) is 0.838. The van der Waals surface area contributed by atoms with Crippen molar-refractivity contribution in [2.75, 3.05) is 36.5 Å². The van der Waals surface area contributed by atoms with Crippen molar-refractivity contribution < 1.29 is 14.3 Å². The first-order valence-electron chi connectivity index (χ1n) is 8.61. The van der Waals surface area contributed by atoms with E-state index in [0.717, 1.165) is 18.9 Å². The van der Waals surface area contributed by atoms with Crippen LogP contribution in [0.5, 0.6) is 11.5 Å². The molecule has 1 fully saturated rings. The Balaban J connectivity index is 1.52. The van der Waals surface area contributed by atoms with Crippen LogP contribution < -0.4 is 19.7 Å². The lowest BCUT2D eigenvalue weighted by Crippen LogP contribution is -2.21. The maximum atomic E-state index is 12.1. The lowest BCUT2D eigenvalue weighted by atomic mass is 10.3. The maximum Gasteiger partial charge on any atom is 0.262 e. The van der Waals surface area contributed by atoms with Crippen LogP contribution in [0.2, 0.25) is 0 Å². The van der Waals surface area contributed by atoms with E-state index in [9.17, 15) is 4.79 Å². The van der Waals surface area contributed by atoms with E-state index < -0.39 is 0 Å². The fourth-order valence-corrected chi connectivity index (χ4v) is 2.78. The number of para-hydroxylation sites is 2. The van der Waals surface area contributed by atoms with Gasteiger partial charge in [-0.05, 0) is 44.0 Å². The number of nitrogens with one attached hydrogen (secondary N) is 1. The largest absolute Gasteiger partial charge is 0.490 e. The fourth-order valence-electron chi connectivity index (χ4n) is 2.78. The molecule has 1 aromatic heterocycles. The molecular formula is C19H23N3O3. The minimum absolute atomic E-state index is 0.0854. The van der Waals surface area contributed by atoms with E-state index in [1.807, 2.05) is 37.3 Å². The summed E-state index contributed by atoms with van der Waals surface area (Å²) in [5, 5.41) is 2.80. The molecule has 0 spiro atoms. The normalized spacial score (nSPS) is 13.6. The van der Waals surface area contributed by atoms with Crippen LogP contribution >= 0.6 is 0 Å². The van der Waals surface area contributed by atoms with Gasteiger partial charge in [-0.15, -0.1) is 0 Å². The number of hydrogen-bond donors (Lipinski definition) is 1. The Morgan fingerprint density at radius 2 is 1.84 bits per heavy atom. The van der Waals surface area contributed by atoms with Gasteiger partial charge in [-0.2, -0.15) is 0 Å². The summed E-state index contributed by atoms with van der Waals surface area (Å²) in [6, 6.07) is 11.1. The molecule has 1 aliphatic rings. The van der Waals surface area contributed by atoms with Crippen LogP contribution in [0.15, 0.2) is 42.6 Å². The number of carbonyl (C=O) groups is 1. The van der Waals surface area contributed by atoms with E-state index >= 15 is 0 Å². The van der Waals surface area contributed by atoms with E-state index in [1.54, 1.807) is 12.3 Å². The SMILES string of the molecule is CCOc1ccccc1OCC(=O)Nc1ccc(N2CCCC2)nc1. The molecule has 0 bridgehead atoms. The van der Waals surface area contributed by atoms with Crippen LogP contribution in [0.1, 0.15) is 19.8 Å². The fraction of sp³-hybridized carbons (Fsp3) is 0.368. The van der Waals surface area contributed by atoms with Crippen molar-refractivity contribution in [1.82, 2.24) is 4.98 Å². The molecule has 1 saturated heterocycles. The van der Waals surface area contributed by atoms with Crippen molar-refractivity contribution >= 4 is 17.4 Å². The molecule has 1 aromatic carbocycles. The maximum absolute atomic E-state index is 12.1. The highest BCUT2D eigenvalue weighted by atomic mass is 16.5. The van der Waals surface area contributed by atoms with Gasteiger partial charge in [0.25, 0.3) is 5.91 Å². The van der Waals surface area contributed by atoms with Crippen LogP contribution in [0.3, 0.4) is 0 Å². The number of nitrogens with zero attached hydrogens (tertiary/aromatic N) is 2. The highest BCUT2D eigenvalue weighted by Gasteiger charge is 2.13. The Hall–Kier alpha value is -2.76. The number of aromatic nitrogens is 1. The Bertz CT molecular complexity index is 697. The van der Waals surface area contributed by atoms with Gasteiger partial charge in [0.2, 0.25) is 0 Å². The molecule has 0 radical (unpaired) electrons. The zero-order valence-corrected chi connectivity index (χ0v) is 14.4. The minimum Gasteiger partial charge on any atom is -0.490 e. The van der Waals surface area contributed by atoms with Gasteiger partial charge in [0.1, 0.15) is 5.82 Å². The first-order chi connectivity index (χ1) is 12.3. The topological polar surface area (TPSA) is 63.7 Å². The van der Waals surface area contributed by atoms with Crippen molar-refractivity contribution in [3.8, 4) is 11.5 Å². The molecular weight excluding hydrogens is 318 g/mol. The standard InChI is InChI=1S/C19H23N3O3/c1-2-24-16-7-3-4-8-17(16)25-14-19(23)21-15-9-10-18(20-13-15)22-11-5-6-12-22/h3-4,7-10,13H,2,5-6,11-12,14H2,1H3,(H,21,23). The summed E-state index contributed by atoms with van der Waals surface area (Å²) in [5.74, 6) is 1.91. The predicted octanol–water partition coefficient (Wildman–Crippen LogP) is 3.10. The van der Waals surface area contributed by atoms with Crippen molar-refractivity contribution in [1.29, 1.82) is 0 Å². The van der Waals surface area contributed by atoms with Crippen LogP contribution in [-0.4, -0.2) is 37.2 Å². The van der Waals surface area contributed by atoms with Crippen LogP contribution in [0.25, 0.3) is 0 Å². The van der Waals surface area contributed by atoms with Crippen molar-refractivity contribution in [3.05, 3.63) is 42.6 Å². The lowest BCUT2D eigenvalue weighted by Gasteiger charge is -2.16. The molecule has 0 unspecified atom stereocenters. The molecule has 6 heteroatoms. The van der Waals surface area contributed by atoms with Crippen LogP contribution in [0, 0.1) is 0 Å². The van der Waals surface area contributed by atoms with E-state index in [2.05, 4.69) is 15.2 Å². The molecule has 6 nitrogen and oxygen atoms in total. The molecule has 25 heavy (non-hydrogen) atoms. The van der Waals surface area contributed by atoms with Gasteiger partial charge in [-0.1, -0.05) is 12.1 Å². The smallest absolute Gasteiger partial charge is 0.262 e. The summed E-state index contributed by atoms with van der Waals surface area (Å²) < 4.78 is 11.0. The summed E-state index contributed by atoms with van der Waals surface area (Å²) in [5.41, 5.74) is 0.662. The highest BCUT2D eigenvalue weighted by molar-refractivity contribution is 5.91. The number of carbonyl (C=O) groups excluding carboxylic acids is 1. The van der Waals surface area contributed by atoms with E-state index in [0.29, 0.717) is 23.8 Å². The first kappa shape index (κ1) is 17.1.